The van der Waals surface area contributed by atoms with Gasteiger partial charge in [0.1, 0.15) is 11.3 Å². The van der Waals surface area contributed by atoms with E-state index in [0.717, 1.165) is 6.07 Å². The van der Waals surface area contributed by atoms with Crippen LogP contribution in [0.2, 0.25) is 5.02 Å². The average Bonchev–Trinajstić information content (AvgIpc) is 2.70. The van der Waals surface area contributed by atoms with Gasteiger partial charge in [0.25, 0.3) is 5.91 Å². The number of hydrogen-bond acceptors (Lipinski definition) is 6. The summed E-state index contributed by atoms with van der Waals surface area (Å²) in [6, 6.07) is 12.4. The third-order valence-electron chi connectivity index (χ3n) is 3.99. The number of carbonyl (C=O) groups is 2. The number of carbonyl (C=O) groups excluding carboxylic acids is 2. The molecule has 1 heterocycles. The van der Waals surface area contributed by atoms with Crippen LogP contribution < -0.4 is 15.5 Å². The molecule has 0 unspecified atom stereocenters. The second kappa shape index (κ2) is 8.79. The van der Waals surface area contributed by atoms with Crippen LogP contribution in [0.15, 0.2) is 57.7 Å². The quantitative estimate of drug-likeness (QED) is 0.611. The van der Waals surface area contributed by atoms with E-state index in [1.165, 1.54) is 25.1 Å². The molecule has 0 bridgehead atoms. The number of rotatable bonds is 6. The van der Waals surface area contributed by atoms with E-state index in [2.05, 4.69) is 5.32 Å². The minimum Gasteiger partial charge on any atom is -0.492 e. The van der Waals surface area contributed by atoms with Crippen molar-refractivity contribution in [2.75, 3.05) is 11.9 Å². The lowest BCUT2D eigenvalue weighted by Crippen LogP contribution is -2.30. The van der Waals surface area contributed by atoms with Crippen molar-refractivity contribution in [3.05, 3.63) is 69.5 Å². The molecular formula is C21H18ClNO6. The Labute approximate surface area is 171 Å². The van der Waals surface area contributed by atoms with Crippen molar-refractivity contribution in [2.24, 2.45) is 0 Å². The molecule has 0 spiro atoms. The van der Waals surface area contributed by atoms with Crippen LogP contribution >= 0.6 is 11.6 Å². The molecule has 0 aliphatic heterocycles. The van der Waals surface area contributed by atoms with Crippen molar-refractivity contribution >= 4 is 40.1 Å². The summed E-state index contributed by atoms with van der Waals surface area (Å²) >= 11 is 5.87. The van der Waals surface area contributed by atoms with Crippen LogP contribution in [0.1, 0.15) is 24.4 Å². The number of para-hydroxylation sites is 2. The van der Waals surface area contributed by atoms with E-state index in [1.807, 2.05) is 6.92 Å². The molecule has 150 valence electrons. The first-order valence-electron chi connectivity index (χ1n) is 8.86. The molecule has 3 rings (SSSR count). The van der Waals surface area contributed by atoms with Crippen molar-refractivity contribution in [3.8, 4) is 5.75 Å². The number of fused-ring (bicyclic) bond motifs is 1. The third kappa shape index (κ3) is 4.75. The second-order valence-electron chi connectivity index (χ2n) is 6.08. The first-order valence-corrected chi connectivity index (χ1v) is 9.24. The molecule has 0 aliphatic rings. The molecule has 1 N–H and O–H groups in total. The van der Waals surface area contributed by atoms with Crippen molar-refractivity contribution in [1.29, 1.82) is 0 Å². The molecule has 0 aliphatic carbocycles. The summed E-state index contributed by atoms with van der Waals surface area (Å²) in [5.74, 6) is -1.29. The summed E-state index contributed by atoms with van der Waals surface area (Å²) in [7, 11) is 0. The highest BCUT2D eigenvalue weighted by Crippen LogP contribution is 2.24. The summed E-state index contributed by atoms with van der Waals surface area (Å²) in [5, 5.41) is 3.27. The zero-order valence-corrected chi connectivity index (χ0v) is 16.5. The Morgan fingerprint density at radius 1 is 1.17 bits per heavy atom. The molecule has 1 atom stereocenters. The van der Waals surface area contributed by atoms with Gasteiger partial charge in [-0.3, -0.25) is 9.59 Å². The molecular weight excluding hydrogens is 398 g/mol. The maximum absolute atomic E-state index is 12.4. The highest BCUT2D eigenvalue weighted by Gasteiger charge is 2.22. The SMILES string of the molecule is CCOc1ccccc1NC(=O)[C@@H](C)OC(=O)c1cc(=O)c2cc(Cl)ccc2o1. The normalized spacial score (nSPS) is 11.7. The first-order chi connectivity index (χ1) is 13.9. The number of amides is 1. The topological polar surface area (TPSA) is 94.8 Å². The Morgan fingerprint density at radius 2 is 1.93 bits per heavy atom. The monoisotopic (exact) mass is 415 g/mol. The number of anilines is 1. The Bertz CT molecular complexity index is 1120. The minimum absolute atomic E-state index is 0.191. The van der Waals surface area contributed by atoms with Gasteiger partial charge in [-0.15, -0.1) is 0 Å². The van der Waals surface area contributed by atoms with Gasteiger partial charge in [0.05, 0.1) is 17.7 Å². The van der Waals surface area contributed by atoms with E-state index in [0.29, 0.717) is 23.1 Å². The molecule has 0 saturated heterocycles. The zero-order chi connectivity index (χ0) is 21.0. The highest BCUT2D eigenvalue weighted by molar-refractivity contribution is 6.31. The van der Waals surface area contributed by atoms with Crippen molar-refractivity contribution in [1.82, 2.24) is 0 Å². The Hall–Kier alpha value is -3.32. The van der Waals surface area contributed by atoms with Gasteiger partial charge in [0.2, 0.25) is 5.76 Å². The fourth-order valence-electron chi connectivity index (χ4n) is 2.59. The van der Waals surface area contributed by atoms with E-state index in [1.54, 1.807) is 24.3 Å². The van der Waals surface area contributed by atoms with Gasteiger partial charge in [0, 0.05) is 11.1 Å². The van der Waals surface area contributed by atoms with E-state index < -0.39 is 23.4 Å². The molecule has 1 aromatic heterocycles. The molecule has 0 saturated carbocycles. The maximum Gasteiger partial charge on any atom is 0.375 e. The molecule has 29 heavy (non-hydrogen) atoms. The molecule has 2 aromatic carbocycles. The predicted octanol–water partition coefficient (Wildman–Crippen LogP) is 4.03. The number of halogens is 1. The number of ether oxygens (including phenoxy) is 2. The number of benzene rings is 2. The van der Waals surface area contributed by atoms with Gasteiger partial charge < -0.3 is 19.2 Å². The number of hydrogen-bond donors (Lipinski definition) is 1. The summed E-state index contributed by atoms with van der Waals surface area (Å²) in [6.07, 6.45) is -1.14. The van der Waals surface area contributed by atoms with Crippen LogP contribution in [0.3, 0.4) is 0 Å². The molecule has 7 nitrogen and oxygen atoms in total. The first kappa shape index (κ1) is 20.4. The minimum atomic E-state index is -1.14. The molecule has 8 heteroatoms. The summed E-state index contributed by atoms with van der Waals surface area (Å²) in [4.78, 5) is 37.0. The lowest BCUT2D eigenvalue weighted by Gasteiger charge is -2.15. The largest absolute Gasteiger partial charge is 0.492 e. The zero-order valence-electron chi connectivity index (χ0n) is 15.7. The van der Waals surface area contributed by atoms with Gasteiger partial charge in [-0.1, -0.05) is 23.7 Å². The van der Waals surface area contributed by atoms with E-state index in [9.17, 15) is 14.4 Å². The van der Waals surface area contributed by atoms with Crippen molar-refractivity contribution in [2.45, 2.75) is 20.0 Å². The fraction of sp³-hybridized carbons (Fsp3) is 0.190. The van der Waals surface area contributed by atoms with Crippen LogP contribution in [-0.4, -0.2) is 24.6 Å². The van der Waals surface area contributed by atoms with E-state index in [4.69, 9.17) is 25.5 Å². The summed E-state index contributed by atoms with van der Waals surface area (Å²) in [5.41, 5.74) is 0.205. The second-order valence-corrected chi connectivity index (χ2v) is 6.52. The van der Waals surface area contributed by atoms with Crippen molar-refractivity contribution < 1.29 is 23.5 Å². The molecule has 3 aromatic rings. The number of esters is 1. The standard InChI is InChI=1S/C21H18ClNO6/c1-3-27-18-7-5-4-6-15(18)23-20(25)12(2)28-21(26)19-11-16(24)14-10-13(22)8-9-17(14)29-19/h4-12H,3H2,1-2H3,(H,23,25)/t12-/m1/s1. The molecule has 1 amide bonds. The van der Waals surface area contributed by atoms with Gasteiger partial charge in [-0.05, 0) is 44.2 Å². The van der Waals surface area contributed by atoms with E-state index >= 15 is 0 Å². The van der Waals surface area contributed by atoms with E-state index in [-0.39, 0.29) is 16.7 Å². The van der Waals surface area contributed by atoms with Gasteiger partial charge in [-0.2, -0.15) is 0 Å². The smallest absolute Gasteiger partial charge is 0.375 e. The molecule has 0 radical (unpaired) electrons. The maximum atomic E-state index is 12.4. The van der Waals surface area contributed by atoms with Gasteiger partial charge in [0.15, 0.2) is 11.5 Å². The summed E-state index contributed by atoms with van der Waals surface area (Å²) in [6.45, 7) is 3.67. The summed E-state index contributed by atoms with van der Waals surface area (Å²) < 4.78 is 16.0. The van der Waals surface area contributed by atoms with Gasteiger partial charge >= 0.3 is 5.97 Å². The number of nitrogens with one attached hydrogen (secondary N) is 1. The lowest BCUT2D eigenvalue weighted by molar-refractivity contribution is -0.123. The highest BCUT2D eigenvalue weighted by atomic mass is 35.5. The van der Waals surface area contributed by atoms with Crippen molar-refractivity contribution in [3.63, 3.8) is 0 Å². The Kier molecular flexibility index (Phi) is 6.19. The third-order valence-corrected chi connectivity index (χ3v) is 4.22. The van der Waals surface area contributed by atoms with Crippen LogP contribution in [0.4, 0.5) is 5.69 Å². The Morgan fingerprint density at radius 3 is 2.69 bits per heavy atom. The van der Waals surface area contributed by atoms with Crippen LogP contribution in [-0.2, 0) is 9.53 Å². The lowest BCUT2D eigenvalue weighted by atomic mass is 10.2. The van der Waals surface area contributed by atoms with Gasteiger partial charge in [-0.25, -0.2) is 4.79 Å². The average molecular weight is 416 g/mol. The molecule has 0 fully saturated rings. The van der Waals surface area contributed by atoms with Crippen LogP contribution in [0, 0.1) is 0 Å². The van der Waals surface area contributed by atoms with Crippen LogP contribution in [0.25, 0.3) is 11.0 Å². The predicted molar refractivity (Wildman–Crippen MR) is 109 cm³/mol. The Balaban J connectivity index is 1.73. The van der Waals surface area contributed by atoms with Crippen LogP contribution in [0.5, 0.6) is 5.75 Å². The fourth-order valence-corrected chi connectivity index (χ4v) is 2.76.